The Hall–Kier alpha value is -3.12. The van der Waals surface area contributed by atoms with Crippen molar-refractivity contribution in [2.24, 2.45) is 0 Å². The first kappa shape index (κ1) is 21.6. The highest BCUT2D eigenvalue weighted by molar-refractivity contribution is 6.30. The number of aryl methyl sites for hydroxylation is 1. The summed E-state index contributed by atoms with van der Waals surface area (Å²) >= 11 is 6.07. The van der Waals surface area contributed by atoms with Crippen LogP contribution in [0.1, 0.15) is 35.4 Å². The molecule has 1 unspecified atom stereocenters. The van der Waals surface area contributed by atoms with Gasteiger partial charge in [0.2, 0.25) is 5.76 Å². The van der Waals surface area contributed by atoms with Crippen LogP contribution in [0.3, 0.4) is 0 Å². The van der Waals surface area contributed by atoms with Crippen molar-refractivity contribution in [1.82, 2.24) is 10.3 Å². The highest BCUT2D eigenvalue weighted by atomic mass is 35.5. The number of hydrogen-bond donors (Lipinski definition) is 1. The molecule has 0 aliphatic heterocycles. The lowest BCUT2D eigenvalue weighted by Crippen LogP contribution is -2.38. The van der Waals surface area contributed by atoms with E-state index in [2.05, 4.69) is 10.3 Å². The number of oxazole rings is 1. The summed E-state index contributed by atoms with van der Waals surface area (Å²) in [7, 11) is 0. The van der Waals surface area contributed by atoms with Gasteiger partial charge in [0.25, 0.3) is 5.91 Å². The number of esters is 1. The van der Waals surface area contributed by atoms with Gasteiger partial charge in [-0.15, -0.1) is 0 Å². The first-order chi connectivity index (χ1) is 14.4. The second kappa shape index (κ2) is 10.1. The van der Waals surface area contributed by atoms with E-state index >= 15 is 0 Å². The number of amides is 1. The maximum absolute atomic E-state index is 12.5. The molecule has 0 fully saturated rings. The number of aromatic nitrogens is 1. The second-order valence-electron chi connectivity index (χ2n) is 6.83. The zero-order valence-corrected chi connectivity index (χ0v) is 17.6. The van der Waals surface area contributed by atoms with Crippen LogP contribution in [0.15, 0.2) is 59.1 Å². The quantitative estimate of drug-likeness (QED) is 0.532. The Kier molecular flexibility index (Phi) is 7.25. The van der Waals surface area contributed by atoms with Crippen molar-refractivity contribution in [3.8, 4) is 11.1 Å². The Morgan fingerprint density at radius 1 is 1.17 bits per heavy atom. The number of nitrogens with one attached hydrogen (secondary N) is 1. The Labute approximate surface area is 180 Å². The fraction of sp³-hybridized carbons (Fsp3) is 0.261. The molecule has 0 spiro atoms. The van der Waals surface area contributed by atoms with Crippen LogP contribution in [-0.2, 0) is 16.0 Å². The maximum Gasteiger partial charge on any atom is 0.307 e. The molecule has 3 aromatic rings. The molecular weight excluding hydrogens is 404 g/mol. The molecule has 1 heterocycles. The highest BCUT2D eigenvalue weighted by Crippen LogP contribution is 2.23. The molecule has 1 aromatic heterocycles. The van der Waals surface area contributed by atoms with E-state index in [-0.39, 0.29) is 24.8 Å². The molecule has 3 rings (SSSR count). The van der Waals surface area contributed by atoms with Crippen molar-refractivity contribution < 1.29 is 18.7 Å². The van der Waals surface area contributed by atoms with E-state index in [0.29, 0.717) is 17.3 Å². The molecule has 30 heavy (non-hydrogen) atoms. The first-order valence-electron chi connectivity index (χ1n) is 9.68. The maximum atomic E-state index is 12.5. The summed E-state index contributed by atoms with van der Waals surface area (Å²) in [6.07, 6.45) is 1.89. The van der Waals surface area contributed by atoms with Crippen molar-refractivity contribution in [2.75, 3.05) is 6.61 Å². The van der Waals surface area contributed by atoms with E-state index in [1.54, 1.807) is 13.8 Å². The third kappa shape index (κ3) is 5.94. The van der Waals surface area contributed by atoms with Gasteiger partial charge in [-0.25, -0.2) is 4.98 Å². The van der Waals surface area contributed by atoms with E-state index in [4.69, 9.17) is 20.8 Å². The van der Waals surface area contributed by atoms with Gasteiger partial charge >= 0.3 is 5.97 Å². The minimum Gasteiger partial charge on any atom is -0.466 e. The fourth-order valence-corrected chi connectivity index (χ4v) is 3.29. The van der Waals surface area contributed by atoms with Crippen LogP contribution in [0.25, 0.3) is 11.1 Å². The average Bonchev–Trinajstić information content (AvgIpc) is 3.15. The van der Waals surface area contributed by atoms with Crippen molar-refractivity contribution >= 4 is 23.5 Å². The number of ether oxygens (including phenoxy) is 1. The third-order valence-corrected chi connectivity index (χ3v) is 4.73. The molecule has 0 aliphatic carbocycles. The first-order valence-corrected chi connectivity index (χ1v) is 10.1. The van der Waals surface area contributed by atoms with Gasteiger partial charge in [-0.05, 0) is 42.2 Å². The molecule has 0 saturated carbocycles. The Balaban J connectivity index is 1.73. The van der Waals surface area contributed by atoms with Crippen LogP contribution in [0.4, 0.5) is 0 Å². The van der Waals surface area contributed by atoms with Crippen LogP contribution < -0.4 is 5.32 Å². The Morgan fingerprint density at radius 2 is 1.93 bits per heavy atom. The van der Waals surface area contributed by atoms with Gasteiger partial charge in [-0.3, -0.25) is 9.59 Å². The summed E-state index contributed by atoms with van der Waals surface area (Å²) in [4.78, 5) is 28.4. The minimum atomic E-state index is -0.445. The summed E-state index contributed by atoms with van der Waals surface area (Å²) in [5, 5.41) is 3.52. The molecule has 2 aromatic carbocycles. The molecule has 0 saturated heterocycles. The van der Waals surface area contributed by atoms with Gasteiger partial charge in [0.05, 0.1) is 19.2 Å². The smallest absolute Gasteiger partial charge is 0.307 e. The summed E-state index contributed by atoms with van der Waals surface area (Å²) in [6, 6.07) is 15.1. The van der Waals surface area contributed by atoms with Gasteiger partial charge in [-0.1, -0.05) is 48.0 Å². The normalized spacial score (nSPS) is 11.7. The molecule has 7 heteroatoms. The number of nitrogens with zero attached hydrogens (tertiary/aromatic N) is 1. The lowest BCUT2D eigenvalue weighted by Gasteiger charge is -2.18. The molecule has 1 N–H and O–H groups in total. The predicted molar refractivity (Wildman–Crippen MR) is 114 cm³/mol. The minimum absolute atomic E-state index is 0.0583. The van der Waals surface area contributed by atoms with E-state index in [0.717, 1.165) is 16.7 Å². The summed E-state index contributed by atoms with van der Waals surface area (Å²) in [5.74, 6) is -0.274. The van der Waals surface area contributed by atoms with Crippen LogP contribution in [0, 0.1) is 6.92 Å². The fourth-order valence-electron chi connectivity index (χ4n) is 3.10. The number of benzene rings is 2. The van der Waals surface area contributed by atoms with E-state index in [1.807, 2.05) is 48.5 Å². The molecule has 6 nitrogen and oxygen atoms in total. The summed E-state index contributed by atoms with van der Waals surface area (Å²) in [5.41, 5.74) is 3.03. The van der Waals surface area contributed by atoms with Crippen LogP contribution in [-0.4, -0.2) is 29.5 Å². The molecule has 0 aliphatic rings. The van der Waals surface area contributed by atoms with Crippen molar-refractivity contribution in [1.29, 1.82) is 0 Å². The van der Waals surface area contributed by atoms with Gasteiger partial charge in [0, 0.05) is 18.0 Å². The number of carbonyl (C=O) groups excluding carboxylic acids is 2. The lowest BCUT2D eigenvalue weighted by atomic mass is 9.99. The molecule has 1 amide bonds. The molecule has 0 radical (unpaired) electrons. The largest absolute Gasteiger partial charge is 0.466 e. The van der Waals surface area contributed by atoms with Crippen molar-refractivity contribution in [2.45, 2.75) is 32.7 Å². The van der Waals surface area contributed by atoms with E-state index < -0.39 is 11.9 Å². The summed E-state index contributed by atoms with van der Waals surface area (Å²) in [6.45, 7) is 3.70. The summed E-state index contributed by atoms with van der Waals surface area (Å²) < 4.78 is 10.3. The van der Waals surface area contributed by atoms with Gasteiger partial charge < -0.3 is 14.5 Å². The second-order valence-corrected chi connectivity index (χ2v) is 7.27. The van der Waals surface area contributed by atoms with Gasteiger partial charge in [0.15, 0.2) is 5.89 Å². The topological polar surface area (TPSA) is 81.4 Å². The van der Waals surface area contributed by atoms with Gasteiger partial charge in [0.1, 0.15) is 0 Å². The van der Waals surface area contributed by atoms with Crippen LogP contribution in [0.5, 0.6) is 0 Å². The number of rotatable bonds is 8. The van der Waals surface area contributed by atoms with Gasteiger partial charge in [-0.2, -0.15) is 0 Å². The standard InChI is InChI=1S/C23H23ClN2O4/c1-3-29-22(27)13-20(26-23(28)21-14-25-15(2)30-21)11-16-7-9-17(10-8-16)18-5-4-6-19(24)12-18/h4-10,12,14,20H,3,11,13H2,1-2H3,(H,26,28). The monoisotopic (exact) mass is 426 g/mol. The average molecular weight is 427 g/mol. The molecular formula is C23H23ClN2O4. The van der Waals surface area contributed by atoms with Crippen molar-refractivity contribution in [3.05, 3.63) is 77.0 Å². The zero-order valence-electron chi connectivity index (χ0n) is 16.9. The number of hydrogen-bond acceptors (Lipinski definition) is 5. The number of halogens is 1. The van der Waals surface area contributed by atoms with Crippen LogP contribution in [0.2, 0.25) is 5.02 Å². The van der Waals surface area contributed by atoms with Crippen LogP contribution >= 0.6 is 11.6 Å². The Morgan fingerprint density at radius 3 is 2.57 bits per heavy atom. The SMILES string of the molecule is CCOC(=O)CC(Cc1ccc(-c2cccc(Cl)c2)cc1)NC(=O)c1cnc(C)o1. The molecule has 156 valence electrons. The predicted octanol–water partition coefficient (Wildman–Crippen LogP) is 4.60. The van der Waals surface area contributed by atoms with E-state index in [1.165, 1.54) is 6.20 Å². The molecule has 0 bridgehead atoms. The third-order valence-electron chi connectivity index (χ3n) is 4.49. The highest BCUT2D eigenvalue weighted by Gasteiger charge is 2.21. The Bertz CT molecular complexity index is 1010. The number of carbonyl (C=O) groups is 2. The zero-order chi connectivity index (χ0) is 21.5. The van der Waals surface area contributed by atoms with E-state index in [9.17, 15) is 9.59 Å². The van der Waals surface area contributed by atoms with Crippen molar-refractivity contribution in [3.63, 3.8) is 0 Å². The molecule has 1 atom stereocenters. The lowest BCUT2D eigenvalue weighted by molar-refractivity contribution is -0.143.